The summed E-state index contributed by atoms with van der Waals surface area (Å²) in [4.78, 5) is 35.8. The Morgan fingerprint density at radius 3 is 2.14 bits per heavy atom. The van der Waals surface area contributed by atoms with Crippen LogP contribution in [0, 0.1) is 5.41 Å². The van der Waals surface area contributed by atoms with Crippen LogP contribution in [0.3, 0.4) is 0 Å². The van der Waals surface area contributed by atoms with Gasteiger partial charge in [0.1, 0.15) is 5.54 Å². The molecule has 6 heteroatoms. The fraction of sp³-hybridized carbons (Fsp3) is 0.800. The van der Waals surface area contributed by atoms with Crippen molar-refractivity contribution in [3.63, 3.8) is 0 Å². The predicted molar refractivity (Wildman–Crippen MR) is 78.4 cm³/mol. The van der Waals surface area contributed by atoms with Crippen LogP contribution in [0.15, 0.2) is 0 Å². The Balaban J connectivity index is 2.61. The van der Waals surface area contributed by atoms with Crippen molar-refractivity contribution in [2.24, 2.45) is 5.41 Å². The molecule has 0 bridgehead atoms. The van der Waals surface area contributed by atoms with Crippen LogP contribution in [0.4, 0.5) is 0 Å². The van der Waals surface area contributed by atoms with Crippen molar-refractivity contribution in [3.05, 3.63) is 0 Å². The van der Waals surface area contributed by atoms with E-state index < -0.39 is 16.9 Å². The van der Waals surface area contributed by atoms with Crippen LogP contribution in [0.5, 0.6) is 0 Å². The maximum atomic E-state index is 12.0. The largest absolute Gasteiger partial charge is 0.467 e. The average molecular weight is 298 g/mol. The summed E-state index contributed by atoms with van der Waals surface area (Å²) in [5.74, 6) is -0.967. The molecule has 0 unspecified atom stereocenters. The van der Waals surface area contributed by atoms with Gasteiger partial charge in [-0.1, -0.05) is 40.0 Å². The number of rotatable bonds is 4. The molecule has 2 N–H and O–H groups in total. The molecular weight excluding hydrogens is 272 g/mol. The molecule has 0 aliphatic heterocycles. The number of nitrogens with one attached hydrogen (secondary N) is 2. The number of esters is 1. The van der Waals surface area contributed by atoms with Crippen LogP contribution < -0.4 is 10.6 Å². The van der Waals surface area contributed by atoms with E-state index in [4.69, 9.17) is 4.74 Å². The third-order valence-electron chi connectivity index (χ3n) is 3.75. The highest BCUT2D eigenvalue weighted by atomic mass is 16.5. The first-order chi connectivity index (χ1) is 9.71. The van der Waals surface area contributed by atoms with Crippen LogP contribution in [0.1, 0.15) is 52.9 Å². The lowest BCUT2D eigenvalue weighted by molar-refractivity contribution is -0.152. The van der Waals surface area contributed by atoms with Gasteiger partial charge in [0.2, 0.25) is 11.8 Å². The average Bonchev–Trinajstić information content (AvgIpc) is 2.43. The number of amides is 2. The third-order valence-corrected chi connectivity index (χ3v) is 3.75. The van der Waals surface area contributed by atoms with Crippen molar-refractivity contribution in [1.82, 2.24) is 10.6 Å². The SMILES string of the molecule is COC(=O)C1(NC(=O)CNC(=O)C(C)(C)C)CCCCC1. The number of carbonyl (C=O) groups excluding carboxylic acids is 3. The zero-order valence-corrected chi connectivity index (χ0v) is 13.4. The fourth-order valence-electron chi connectivity index (χ4n) is 2.47. The molecule has 1 rings (SSSR count). The fourth-order valence-corrected chi connectivity index (χ4v) is 2.47. The molecule has 0 saturated heterocycles. The summed E-state index contributed by atoms with van der Waals surface area (Å²) >= 11 is 0. The molecule has 0 radical (unpaired) electrons. The van der Waals surface area contributed by atoms with Gasteiger partial charge in [-0.25, -0.2) is 4.79 Å². The molecule has 0 atom stereocenters. The number of carbonyl (C=O) groups is 3. The van der Waals surface area contributed by atoms with Crippen molar-refractivity contribution in [1.29, 1.82) is 0 Å². The van der Waals surface area contributed by atoms with Crippen LogP contribution in [-0.2, 0) is 19.1 Å². The quantitative estimate of drug-likeness (QED) is 0.762. The summed E-state index contributed by atoms with van der Waals surface area (Å²) in [6, 6.07) is 0. The van der Waals surface area contributed by atoms with Crippen molar-refractivity contribution in [2.75, 3.05) is 13.7 Å². The van der Waals surface area contributed by atoms with E-state index in [9.17, 15) is 14.4 Å². The smallest absolute Gasteiger partial charge is 0.331 e. The molecule has 1 aliphatic carbocycles. The summed E-state index contributed by atoms with van der Waals surface area (Å²) in [6.45, 7) is 5.20. The first-order valence-corrected chi connectivity index (χ1v) is 7.39. The summed E-state index contributed by atoms with van der Waals surface area (Å²) in [5, 5.41) is 5.34. The van der Waals surface area contributed by atoms with Gasteiger partial charge in [-0.15, -0.1) is 0 Å². The number of hydrogen-bond acceptors (Lipinski definition) is 4. The molecule has 6 nitrogen and oxygen atoms in total. The third kappa shape index (κ3) is 4.72. The molecule has 0 aromatic heterocycles. The van der Waals surface area contributed by atoms with E-state index in [0.29, 0.717) is 12.8 Å². The molecule has 0 spiro atoms. The Morgan fingerprint density at radius 1 is 1.10 bits per heavy atom. The standard InChI is InChI=1S/C15H26N2O4/c1-14(2,3)12(19)16-10-11(18)17-15(13(20)21-4)8-6-5-7-9-15/h5-10H2,1-4H3,(H,16,19)(H,17,18). The maximum Gasteiger partial charge on any atom is 0.331 e. The lowest BCUT2D eigenvalue weighted by atomic mass is 9.81. The second-order valence-electron chi connectivity index (χ2n) is 6.62. The van der Waals surface area contributed by atoms with Gasteiger partial charge in [-0.05, 0) is 12.8 Å². The summed E-state index contributed by atoms with van der Waals surface area (Å²) < 4.78 is 4.83. The number of ether oxygens (including phenoxy) is 1. The monoisotopic (exact) mass is 298 g/mol. The van der Waals surface area contributed by atoms with E-state index in [1.807, 2.05) is 0 Å². The second-order valence-corrected chi connectivity index (χ2v) is 6.62. The molecule has 1 fully saturated rings. The van der Waals surface area contributed by atoms with Gasteiger partial charge in [0.25, 0.3) is 0 Å². The van der Waals surface area contributed by atoms with Crippen molar-refractivity contribution >= 4 is 17.8 Å². The Bertz CT molecular complexity index is 406. The van der Waals surface area contributed by atoms with Crippen LogP contribution in [0.25, 0.3) is 0 Å². The highest BCUT2D eigenvalue weighted by Crippen LogP contribution is 2.29. The van der Waals surface area contributed by atoms with E-state index in [2.05, 4.69) is 10.6 Å². The minimum atomic E-state index is -0.934. The summed E-state index contributed by atoms with van der Waals surface area (Å²) in [7, 11) is 1.33. The lowest BCUT2D eigenvalue weighted by Gasteiger charge is -2.35. The Morgan fingerprint density at radius 2 is 1.67 bits per heavy atom. The van der Waals surface area contributed by atoms with E-state index >= 15 is 0 Å². The van der Waals surface area contributed by atoms with E-state index in [-0.39, 0.29) is 18.4 Å². The zero-order chi connectivity index (χ0) is 16.1. The first-order valence-electron chi connectivity index (χ1n) is 7.39. The number of methoxy groups -OCH3 is 1. The molecule has 0 heterocycles. The first kappa shape index (κ1) is 17.5. The lowest BCUT2D eigenvalue weighted by Crippen LogP contribution is -2.58. The molecule has 1 aliphatic rings. The van der Waals surface area contributed by atoms with Gasteiger partial charge in [-0.2, -0.15) is 0 Å². The summed E-state index contributed by atoms with van der Waals surface area (Å²) in [6.07, 6.45) is 3.97. The number of hydrogen-bond donors (Lipinski definition) is 2. The molecule has 0 aromatic rings. The molecule has 1 saturated carbocycles. The van der Waals surface area contributed by atoms with Gasteiger partial charge >= 0.3 is 5.97 Å². The minimum Gasteiger partial charge on any atom is -0.467 e. The van der Waals surface area contributed by atoms with Crippen molar-refractivity contribution in [3.8, 4) is 0 Å². The van der Waals surface area contributed by atoms with Crippen LogP contribution in [0.2, 0.25) is 0 Å². The van der Waals surface area contributed by atoms with Crippen molar-refractivity contribution in [2.45, 2.75) is 58.4 Å². The minimum absolute atomic E-state index is 0.130. The van der Waals surface area contributed by atoms with E-state index in [1.165, 1.54) is 7.11 Å². The normalized spacial score (nSPS) is 17.7. The Labute approximate surface area is 126 Å². The van der Waals surface area contributed by atoms with E-state index in [0.717, 1.165) is 19.3 Å². The topological polar surface area (TPSA) is 84.5 Å². The molecular formula is C15H26N2O4. The maximum absolute atomic E-state index is 12.0. The summed E-state index contributed by atoms with van der Waals surface area (Å²) in [5.41, 5.74) is -1.48. The van der Waals surface area contributed by atoms with Gasteiger partial charge < -0.3 is 15.4 Å². The molecule has 120 valence electrons. The Hall–Kier alpha value is -1.59. The zero-order valence-electron chi connectivity index (χ0n) is 13.4. The van der Waals surface area contributed by atoms with Gasteiger partial charge in [-0.3, -0.25) is 9.59 Å². The van der Waals surface area contributed by atoms with Crippen LogP contribution in [-0.4, -0.2) is 37.0 Å². The van der Waals surface area contributed by atoms with Crippen molar-refractivity contribution < 1.29 is 19.1 Å². The highest BCUT2D eigenvalue weighted by molar-refractivity contribution is 5.91. The highest BCUT2D eigenvalue weighted by Gasteiger charge is 2.41. The van der Waals surface area contributed by atoms with Gasteiger partial charge in [0.05, 0.1) is 13.7 Å². The Kier molecular flexibility index (Phi) is 5.75. The predicted octanol–water partition coefficient (Wildman–Crippen LogP) is 1.14. The molecule has 21 heavy (non-hydrogen) atoms. The molecule has 2 amide bonds. The van der Waals surface area contributed by atoms with Gasteiger partial charge in [0.15, 0.2) is 0 Å². The van der Waals surface area contributed by atoms with Crippen LogP contribution >= 0.6 is 0 Å². The van der Waals surface area contributed by atoms with Gasteiger partial charge in [0, 0.05) is 5.41 Å². The molecule has 0 aromatic carbocycles. The second kappa shape index (κ2) is 6.91. The van der Waals surface area contributed by atoms with E-state index in [1.54, 1.807) is 20.8 Å².